The first kappa shape index (κ1) is 10.9. The Kier molecular flexibility index (Phi) is 2.78. The molecule has 0 saturated heterocycles. The van der Waals surface area contributed by atoms with Crippen LogP contribution < -0.4 is 11.5 Å². The number of nitrogens with zero attached hydrogens (tertiary/aromatic N) is 1. The summed E-state index contributed by atoms with van der Waals surface area (Å²) in [5.74, 6) is -0.405. The van der Waals surface area contributed by atoms with Crippen molar-refractivity contribution in [3.63, 3.8) is 0 Å². The molecule has 1 aromatic carbocycles. The first-order chi connectivity index (χ1) is 7.59. The lowest BCUT2D eigenvalue weighted by Gasteiger charge is -2.09. The molecule has 0 spiro atoms. The predicted octanol–water partition coefficient (Wildman–Crippen LogP) is 1.52. The molecule has 1 atom stereocenters. The van der Waals surface area contributed by atoms with Gasteiger partial charge in [0.1, 0.15) is 0 Å². The van der Waals surface area contributed by atoms with Crippen molar-refractivity contribution < 1.29 is 4.42 Å². The first-order valence-electron chi connectivity index (χ1n) is 4.97. The third-order valence-corrected chi connectivity index (χ3v) is 2.92. The molecule has 84 valence electrons. The summed E-state index contributed by atoms with van der Waals surface area (Å²) in [5.41, 5.74) is 6.89. The van der Waals surface area contributed by atoms with Gasteiger partial charge < -0.3 is 10.2 Å². The number of aromatic nitrogens is 1. The summed E-state index contributed by atoms with van der Waals surface area (Å²) in [6.07, 6.45) is 0. The molecule has 0 aliphatic heterocycles. The van der Waals surface area contributed by atoms with Gasteiger partial charge in [-0.3, -0.25) is 4.57 Å². The van der Waals surface area contributed by atoms with E-state index in [9.17, 15) is 4.79 Å². The van der Waals surface area contributed by atoms with Crippen LogP contribution in [0.25, 0.3) is 11.1 Å². The van der Waals surface area contributed by atoms with Crippen LogP contribution in [0.5, 0.6) is 0 Å². The van der Waals surface area contributed by atoms with Gasteiger partial charge in [-0.05, 0) is 12.1 Å². The Bertz CT molecular complexity index is 585. The molecule has 0 fully saturated rings. The zero-order valence-electron chi connectivity index (χ0n) is 8.84. The second kappa shape index (κ2) is 4.09. The van der Waals surface area contributed by atoms with E-state index in [-0.39, 0.29) is 11.7 Å². The lowest BCUT2D eigenvalue weighted by Crippen LogP contribution is -2.26. The molecule has 0 saturated carbocycles. The van der Waals surface area contributed by atoms with Crippen LogP contribution in [0, 0.1) is 5.92 Å². The van der Waals surface area contributed by atoms with Crippen molar-refractivity contribution in [2.24, 2.45) is 11.7 Å². The average molecular weight is 236 g/mol. The number of oxazole rings is 1. The van der Waals surface area contributed by atoms with Gasteiger partial charge in [0.25, 0.3) is 0 Å². The summed E-state index contributed by atoms with van der Waals surface area (Å²) >= 11 is 4.89. The normalized spacial score (nSPS) is 12.8. The largest absolute Gasteiger partial charge is 0.419 e. The van der Waals surface area contributed by atoms with E-state index in [1.165, 1.54) is 0 Å². The monoisotopic (exact) mass is 236 g/mol. The summed E-state index contributed by atoms with van der Waals surface area (Å²) in [6.45, 7) is 2.34. The molecular formula is C11H12N2O2S. The summed E-state index contributed by atoms with van der Waals surface area (Å²) in [6, 6.07) is 7.29. The van der Waals surface area contributed by atoms with E-state index in [1.807, 2.05) is 25.1 Å². The minimum atomic E-state index is -0.371. The number of hydrogen-bond donors (Lipinski definition) is 1. The zero-order chi connectivity index (χ0) is 11.7. The van der Waals surface area contributed by atoms with E-state index in [4.69, 9.17) is 22.4 Å². The van der Waals surface area contributed by atoms with E-state index in [2.05, 4.69) is 0 Å². The Morgan fingerprint density at radius 1 is 1.56 bits per heavy atom. The smallest absolute Gasteiger partial charge is 0.408 e. The van der Waals surface area contributed by atoms with E-state index in [1.54, 1.807) is 10.6 Å². The van der Waals surface area contributed by atoms with E-state index < -0.39 is 0 Å². The van der Waals surface area contributed by atoms with Crippen molar-refractivity contribution in [3.8, 4) is 0 Å². The molecule has 0 aliphatic rings. The van der Waals surface area contributed by atoms with Crippen molar-refractivity contribution in [3.05, 3.63) is 34.8 Å². The van der Waals surface area contributed by atoms with E-state index in [0.717, 1.165) is 5.52 Å². The number of para-hydroxylation sites is 2. The van der Waals surface area contributed by atoms with Gasteiger partial charge in [-0.15, -0.1) is 0 Å². The Hall–Kier alpha value is -1.62. The van der Waals surface area contributed by atoms with Crippen molar-refractivity contribution >= 4 is 28.3 Å². The molecule has 1 aromatic heterocycles. The average Bonchev–Trinajstić information content (AvgIpc) is 2.55. The van der Waals surface area contributed by atoms with Gasteiger partial charge in [0.05, 0.1) is 10.5 Å². The highest BCUT2D eigenvalue weighted by Crippen LogP contribution is 2.13. The summed E-state index contributed by atoms with van der Waals surface area (Å²) in [7, 11) is 0. The minimum absolute atomic E-state index is 0.0336. The molecule has 1 unspecified atom stereocenters. The summed E-state index contributed by atoms with van der Waals surface area (Å²) in [4.78, 5) is 12.0. The molecule has 0 radical (unpaired) electrons. The van der Waals surface area contributed by atoms with Crippen LogP contribution in [-0.4, -0.2) is 9.56 Å². The fraction of sp³-hybridized carbons (Fsp3) is 0.273. The Balaban J connectivity index is 2.48. The van der Waals surface area contributed by atoms with Crippen molar-refractivity contribution in [1.82, 2.24) is 4.57 Å². The molecule has 2 aromatic rings. The fourth-order valence-corrected chi connectivity index (χ4v) is 1.63. The number of fused-ring (bicyclic) bond motifs is 1. The number of hydrogen-bond acceptors (Lipinski definition) is 3. The Morgan fingerprint density at radius 3 is 2.94 bits per heavy atom. The maximum Gasteiger partial charge on any atom is 0.419 e. The molecule has 0 bridgehead atoms. The van der Waals surface area contributed by atoms with Crippen LogP contribution in [0.2, 0.25) is 0 Å². The van der Waals surface area contributed by atoms with Crippen LogP contribution >= 0.6 is 12.2 Å². The Morgan fingerprint density at radius 2 is 2.25 bits per heavy atom. The molecule has 2 N–H and O–H groups in total. The Labute approximate surface area is 97.7 Å². The molecule has 0 amide bonds. The van der Waals surface area contributed by atoms with Crippen molar-refractivity contribution in [2.45, 2.75) is 13.5 Å². The lowest BCUT2D eigenvalue weighted by molar-refractivity contribution is 0.485. The zero-order valence-corrected chi connectivity index (χ0v) is 9.66. The summed E-state index contributed by atoms with van der Waals surface area (Å²) < 4.78 is 6.66. The number of rotatable bonds is 3. The highest BCUT2D eigenvalue weighted by molar-refractivity contribution is 7.80. The van der Waals surface area contributed by atoms with Crippen LogP contribution in [0.4, 0.5) is 0 Å². The SMILES string of the molecule is CC(Cn1c(=O)oc2ccccc21)C(N)=S. The number of nitrogens with two attached hydrogens (primary N) is 1. The van der Waals surface area contributed by atoms with Gasteiger partial charge in [0, 0.05) is 12.5 Å². The van der Waals surface area contributed by atoms with Gasteiger partial charge in [-0.1, -0.05) is 31.3 Å². The standard InChI is InChI=1S/C11H12N2O2S/c1-7(10(12)16)6-13-8-4-2-3-5-9(8)15-11(13)14/h2-5,7H,6H2,1H3,(H2,12,16). The van der Waals surface area contributed by atoms with Crippen LogP contribution in [0.1, 0.15) is 6.92 Å². The molecule has 4 nitrogen and oxygen atoms in total. The van der Waals surface area contributed by atoms with Crippen molar-refractivity contribution in [1.29, 1.82) is 0 Å². The predicted molar refractivity (Wildman–Crippen MR) is 66.4 cm³/mol. The first-order valence-corrected chi connectivity index (χ1v) is 5.38. The van der Waals surface area contributed by atoms with Crippen LogP contribution in [0.3, 0.4) is 0 Å². The lowest BCUT2D eigenvalue weighted by atomic mass is 10.2. The molecule has 1 heterocycles. The van der Waals surface area contributed by atoms with Gasteiger partial charge in [0.2, 0.25) is 0 Å². The molecule has 2 rings (SSSR count). The van der Waals surface area contributed by atoms with Crippen molar-refractivity contribution in [2.75, 3.05) is 0 Å². The molecule has 16 heavy (non-hydrogen) atoms. The van der Waals surface area contributed by atoms with Crippen LogP contribution in [-0.2, 0) is 6.54 Å². The number of thiocarbonyl (C=S) groups is 1. The van der Waals surface area contributed by atoms with Gasteiger partial charge in [-0.25, -0.2) is 4.79 Å². The maximum atomic E-state index is 11.6. The topological polar surface area (TPSA) is 61.2 Å². The second-order valence-electron chi connectivity index (χ2n) is 3.75. The third kappa shape index (κ3) is 1.86. The second-order valence-corrected chi connectivity index (χ2v) is 4.22. The highest BCUT2D eigenvalue weighted by Gasteiger charge is 2.12. The van der Waals surface area contributed by atoms with Gasteiger partial charge in [-0.2, -0.15) is 0 Å². The minimum Gasteiger partial charge on any atom is -0.408 e. The third-order valence-electron chi connectivity index (χ3n) is 2.52. The highest BCUT2D eigenvalue weighted by atomic mass is 32.1. The molecular weight excluding hydrogens is 224 g/mol. The number of benzene rings is 1. The van der Waals surface area contributed by atoms with Gasteiger partial charge >= 0.3 is 5.76 Å². The van der Waals surface area contributed by atoms with Gasteiger partial charge in [0.15, 0.2) is 5.58 Å². The maximum absolute atomic E-state index is 11.6. The van der Waals surface area contributed by atoms with Crippen LogP contribution in [0.15, 0.2) is 33.5 Å². The van der Waals surface area contributed by atoms with E-state index in [0.29, 0.717) is 17.1 Å². The molecule has 0 aliphatic carbocycles. The van der Waals surface area contributed by atoms with E-state index >= 15 is 0 Å². The molecule has 5 heteroatoms. The quantitative estimate of drug-likeness (QED) is 0.821. The summed E-state index contributed by atoms with van der Waals surface area (Å²) in [5, 5.41) is 0. The fourth-order valence-electron chi connectivity index (χ4n) is 1.55.